The maximum absolute atomic E-state index is 14.0. The van der Waals surface area contributed by atoms with Crippen LogP contribution in [-0.4, -0.2) is 150 Å². The molecule has 0 radical (unpaired) electrons. The Bertz CT molecular complexity index is 2280. The molecule has 4 aliphatic rings. The van der Waals surface area contributed by atoms with Crippen LogP contribution in [0.4, 0.5) is 19.0 Å². The number of halogens is 3. The van der Waals surface area contributed by atoms with Gasteiger partial charge < -0.3 is 45.4 Å². The van der Waals surface area contributed by atoms with Gasteiger partial charge >= 0.3 is 6.18 Å². The Balaban J connectivity index is 0.763. The van der Waals surface area contributed by atoms with Gasteiger partial charge in [0.05, 0.1) is 41.7 Å². The minimum atomic E-state index is -4.55. The number of amides is 5. The molecule has 2 aliphatic heterocycles. The number of alkyl halides is 3. The Kier molecular flexibility index (Phi) is 18.6. The molecule has 2 saturated heterocycles. The number of fused-ring (bicyclic) bond motifs is 1. The summed E-state index contributed by atoms with van der Waals surface area (Å²) in [5.74, 6) is -0.208. The first kappa shape index (κ1) is 53.3. The second-order valence-electron chi connectivity index (χ2n) is 20.0. The van der Waals surface area contributed by atoms with E-state index in [-0.39, 0.29) is 96.8 Å². The molecule has 7 rings (SSSR count). The fourth-order valence-electron chi connectivity index (χ4n) is 10.7. The van der Waals surface area contributed by atoms with Gasteiger partial charge in [-0.15, -0.1) is 0 Å². The van der Waals surface area contributed by atoms with Gasteiger partial charge in [0.1, 0.15) is 18.2 Å². The Hall–Kier alpha value is -5.47. The third-order valence-corrected chi connectivity index (χ3v) is 15.0. The molecular weight excluding hydrogens is 922 g/mol. The summed E-state index contributed by atoms with van der Waals surface area (Å²) in [6, 6.07) is 5.75. The first-order valence-electron chi connectivity index (χ1n) is 25.3. The molecule has 0 bridgehead atoms. The first-order chi connectivity index (χ1) is 34.1. The topological polar surface area (TPSA) is 200 Å². The van der Waals surface area contributed by atoms with E-state index in [0.29, 0.717) is 82.6 Å². The van der Waals surface area contributed by atoms with E-state index in [4.69, 9.17) is 9.47 Å². The molecule has 2 aliphatic carbocycles. The van der Waals surface area contributed by atoms with E-state index in [9.17, 15) is 37.1 Å². The summed E-state index contributed by atoms with van der Waals surface area (Å²) in [4.78, 5) is 83.7. The summed E-state index contributed by atoms with van der Waals surface area (Å²) < 4.78 is 52.6. The van der Waals surface area contributed by atoms with Crippen molar-refractivity contribution in [3.05, 3.63) is 60.2 Å². The summed E-state index contributed by atoms with van der Waals surface area (Å²) in [5, 5.41) is 12.3. The van der Waals surface area contributed by atoms with Gasteiger partial charge in [-0.1, -0.05) is 6.07 Å². The second-order valence-corrected chi connectivity index (χ2v) is 20.0. The highest BCUT2D eigenvalue weighted by Gasteiger charge is 2.44. The lowest BCUT2D eigenvalue weighted by Crippen LogP contribution is -2.58. The standard InChI is InChI=1S/C51H71F3N10O7/c1-32(2)62(3)37-14-16-43(64-22-18-41(50(64)69)61-48-38-25-36(51(52,53)54)13-15-40(38)58-31-59-48)42(26-37)60-45(66)17-20-56-44(65)8-6-23-70-29-33-9-11-34(12-10-33)30-71-24-21-57-49(68)39-27-46(67)63(4)47(39)35-7-5-19-55-28-35/h5,7,13,15,19,25,28,31-34,37,39,41-43,47H,6,8-12,14,16-18,20-24,26-27,29-30H2,1-4H3,(H,56,65)(H,57,68)(H,60,66)(H,58,59,61)/t33?,34?,37-,39+,41+,42-,43+,47-/m1/s1. The van der Waals surface area contributed by atoms with Gasteiger partial charge in [-0.05, 0) is 120 Å². The van der Waals surface area contributed by atoms with Crippen LogP contribution in [-0.2, 0) is 39.6 Å². The van der Waals surface area contributed by atoms with Crippen molar-refractivity contribution in [3.63, 3.8) is 0 Å². The van der Waals surface area contributed by atoms with E-state index in [1.165, 1.54) is 12.4 Å². The molecule has 0 spiro atoms. The maximum Gasteiger partial charge on any atom is 0.416 e. The summed E-state index contributed by atoms with van der Waals surface area (Å²) in [6.07, 6.45) is 7.85. The molecule has 2 aromatic heterocycles. The number of benzene rings is 1. The minimum Gasteiger partial charge on any atom is -0.381 e. The van der Waals surface area contributed by atoms with Crippen molar-refractivity contribution in [3.8, 4) is 0 Å². The lowest BCUT2D eigenvalue weighted by Gasteiger charge is -2.44. The quantitative estimate of drug-likeness (QED) is 0.0954. The van der Waals surface area contributed by atoms with E-state index < -0.39 is 23.7 Å². The first-order valence-corrected chi connectivity index (χ1v) is 25.3. The Labute approximate surface area is 414 Å². The van der Waals surface area contributed by atoms with Gasteiger partial charge in [0, 0.05) is 95.6 Å². The van der Waals surface area contributed by atoms with Crippen molar-refractivity contribution >= 4 is 46.3 Å². The maximum atomic E-state index is 14.0. The van der Waals surface area contributed by atoms with Gasteiger partial charge in [0.2, 0.25) is 29.5 Å². The largest absolute Gasteiger partial charge is 0.416 e. The van der Waals surface area contributed by atoms with Crippen LogP contribution < -0.4 is 21.3 Å². The minimum absolute atomic E-state index is 0.0607. The van der Waals surface area contributed by atoms with Gasteiger partial charge in [0.25, 0.3) is 0 Å². The average molecular weight is 993 g/mol. The number of carbonyl (C=O) groups excluding carboxylic acids is 5. The Morgan fingerprint density at radius 3 is 2.35 bits per heavy atom. The van der Waals surface area contributed by atoms with Crippen LogP contribution in [0.2, 0.25) is 0 Å². The molecule has 388 valence electrons. The van der Waals surface area contributed by atoms with Crippen LogP contribution in [0.1, 0.15) is 108 Å². The zero-order valence-electron chi connectivity index (χ0n) is 41.4. The molecular formula is C51H71F3N10O7. The molecule has 17 nitrogen and oxygen atoms in total. The van der Waals surface area contributed by atoms with E-state index in [1.54, 1.807) is 29.2 Å². The predicted molar refractivity (Wildman–Crippen MR) is 259 cm³/mol. The van der Waals surface area contributed by atoms with Crippen LogP contribution in [0.25, 0.3) is 10.9 Å². The van der Waals surface area contributed by atoms with Gasteiger partial charge in [-0.3, -0.25) is 29.0 Å². The highest BCUT2D eigenvalue weighted by atomic mass is 19.4. The number of nitrogens with one attached hydrogen (secondary N) is 4. The van der Waals surface area contributed by atoms with Crippen molar-refractivity contribution in [2.45, 2.75) is 133 Å². The average Bonchev–Trinajstić information content (AvgIpc) is 3.87. The number of pyridine rings is 1. The van der Waals surface area contributed by atoms with E-state index in [1.807, 2.05) is 12.1 Å². The second kappa shape index (κ2) is 24.8. The monoisotopic (exact) mass is 993 g/mol. The molecule has 5 amide bonds. The van der Waals surface area contributed by atoms with Crippen LogP contribution >= 0.6 is 0 Å². The third-order valence-electron chi connectivity index (χ3n) is 15.0. The van der Waals surface area contributed by atoms with Crippen LogP contribution in [0.5, 0.6) is 0 Å². The smallest absolute Gasteiger partial charge is 0.381 e. The Morgan fingerprint density at radius 1 is 0.901 bits per heavy atom. The molecule has 6 atom stereocenters. The van der Waals surface area contributed by atoms with Crippen LogP contribution in [0.3, 0.4) is 0 Å². The van der Waals surface area contributed by atoms with Crippen molar-refractivity contribution in [1.82, 2.24) is 45.6 Å². The molecule has 0 unspecified atom stereocenters. The number of likely N-dealkylation sites (tertiary alicyclic amines) is 2. The van der Waals surface area contributed by atoms with E-state index in [0.717, 1.165) is 49.8 Å². The molecule has 3 aromatic rings. The summed E-state index contributed by atoms with van der Waals surface area (Å²) >= 11 is 0. The number of nitrogens with zero attached hydrogens (tertiary/aromatic N) is 6. The van der Waals surface area contributed by atoms with Crippen molar-refractivity contribution < 1.29 is 46.6 Å². The van der Waals surface area contributed by atoms with Crippen molar-refractivity contribution in [2.24, 2.45) is 17.8 Å². The zero-order valence-corrected chi connectivity index (χ0v) is 41.4. The fourth-order valence-corrected chi connectivity index (χ4v) is 10.7. The highest BCUT2D eigenvalue weighted by molar-refractivity contribution is 5.93. The number of hydrogen-bond donors (Lipinski definition) is 4. The fraction of sp³-hybridized carbons (Fsp3) is 0.647. The number of anilines is 1. The van der Waals surface area contributed by atoms with E-state index in [2.05, 4.69) is 62.0 Å². The van der Waals surface area contributed by atoms with E-state index >= 15 is 0 Å². The zero-order chi connectivity index (χ0) is 50.7. The SMILES string of the molecule is CC(C)N(C)[C@@H]1CC[C@H](N2CC[C@H](Nc3ncnc4ccc(C(F)(F)F)cc34)C2=O)[C@H](NC(=O)CCNC(=O)CCCOCC2CCC(COCCNC(=O)[C@H]3CC(=O)N(C)[C@@H]3c3cccnc3)CC2)C1. The molecule has 20 heteroatoms. The number of ether oxygens (including phenoxy) is 2. The number of aromatic nitrogens is 3. The number of rotatable bonds is 22. The normalized spacial score (nSPS) is 25.0. The predicted octanol–water partition coefficient (Wildman–Crippen LogP) is 5.26. The van der Waals surface area contributed by atoms with Gasteiger partial charge in [-0.25, -0.2) is 9.97 Å². The highest BCUT2D eigenvalue weighted by Crippen LogP contribution is 2.38. The molecule has 2 saturated carbocycles. The molecule has 1 aromatic carbocycles. The van der Waals surface area contributed by atoms with Crippen molar-refractivity contribution in [1.29, 1.82) is 0 Å². The summed E-state index contributed by atoms with van der Waals surface area (Å²) in [7, 11) is 3.78. The Morgan fingerprint density at radius 2 is 1.65 bits per heavy atom. The molecule has 4 fully saturated rings. The van der Waals surface area contributed by atoms with Crippen molar-refractivity contribution in [2.75, 3.05) is 65.5 Å². The molecule has 4 N–H and O–H groups in total. The lowest BCUT2D eigenvalue weighted by atomic mass is 9.83. The molecule has 4 heterocycles. The van der Waals surface area contributed by atoms with Crippen LogP contribution in [0, 0.1) is 17.8 Å². The number of carbonyl (C=O) groups is 5. The summed E-state index contributed by atoms with van der Waals surface area (Å²) in [6.45, 7) is 7.34. The lowest BCUT2D eigenvalue weighted by molar-refractivity contribution is -0.137. The third kappa shape index (κ3) is 14.2. The van der Waals surface area contributed by atoms with Crippen LogP contribution in [0.15, 0.2) is 49.1 Å². The number of hydrogen-bond acceptors (Lipinski definition) is 12. The van der Waals surface area contributed by atoms with Gasteiger partial charge in [-0.2, -0.15) is 13.2 Å². The molecule has 71 heavy (non-hydrogen) atoms. The summed E-state index contributed by atoms with van der Waals surface area (Å²) in [5.41, 5.74) is 0.340. The van der Waals surface area contributed by atoms with Gasteiger partial charge in [0.15, 0.2) is 0 Å².